The van der Waals surface area contributed by atoms with Crippen LogP contribution in [0.25, 0.3) is 10.8 Å². The Labute approximate surface area is 131 Å². The molecule has 0 atom stereocenters. The fourth-order valence-electron chi connectivity index (χ4n) is 2.23. The van der Waals surface area contributed by atoms with Gasteiger partial charge >= 0.3 is 0 Å². The van der Waals surface area contributed by atoms with E-state index in [1.165, 1.54) is 6.33 Å². The lowest BCUT2D eigenvalue weighted by atomic mass is 10.1. The van der Waals surface area contributed by atoms with Crippen molar-refractivity contribution in [2.45, 2.75) is 13.3 Å². The molecular formula is C16H14BrN3O. The van der Waals surface area contributed by atoms with E-state index in [0.717, 1.165) is 20.8 Å². The van der Waals surface area contributed by atoms with Crippen molar-refractivity contribution in [3.8, 4) is 11.6 Å². The predicted molar refractivity (Wildman–Crippen MR) is 87.5 cm³/mol. The molecule has 106 valence electrons. The van der Waals surface area contributed by atoms with E-state index in [0.29, 0.717) is 23.9 Å². The Bertz CT molecular complexity index is 805. The van der Waals surface area contributed by atoms with Crippen LogP contribution >= 0.6 is 15.9 Å². The maximum Gasteiger partial charge on any atom is 0.227 e. The second-order valence-electron chi connectivity index (χ2n) is 4.60. The molecule has 2 N–H and O–H groups in total. The van der Waals surface area contributed by atoms with Crippen LogP contribution in [-0.4, -0.2) is 9.97 Å². The molecule has 3 aromatic rings. The summed E-state index contributed by atoms with van der Waals surface area (Å²) in [6.07, 6.45) is 2.13. The second kappa shape index (κ2) is 5.69. The molecule has 0 aliphatic heterocycles. The minimum atomic E-state index is 0.458. The highest BCUT2D eigenvalue weighted by Gasteiger charge is 2.12. The Morgan fingerprint density at radius 3 is 2.76 bits per heavy atom. The molecule has 0 unspecified atom stereocenters. The van der Waals surface area contributed by atoms with Crippen LogP contribution in [0.3, 0.4) is 0 Å². The van der Waals surface area contributed by atoms with Crippen molar-refractivity contribution in [1.82, 2.24) is 9.97 Å². The van der Waals surface area contributed by atoms with E-state index in [4.69, 9.17) is 10.5 Å². The first-order valence-corrected chi connectivity index (χ1v) is 7.44. The number of nitrogen functional groups attached to an aromatic ring is 1. The van der Waals surface area contributed by atoms with Crippen molar-refractivity contribution in [2.24, 2.45) is 0 Å². The van der Waals surface area contributed by atoms with Crippen LogP contribution in [0.5, 0.6) is 11.6 Å². The summed E-state index contributed by atoms with van der Waals surface area (Å²) in [6, 6.07) is 12.0. The van der Waals surface area contributed by atoms with Gasteiger partial charge in [-0.3, -0.25) is 0 Å². The molecule has 2 aromatic carbocycles. The molecule has 5 heteroatoms. The summed E-state index contributed by atoms with van der Waals surface area (Å²) < 4.78 is 6.84. The second-order valence-corrected chi connectivity index (χ2v) is 5.39. The highest BCUT2D eigenvalue weighted by atomic mass is 79.9. The molecule has 0 bridgehead atoms. The van der Waals surface area contributed by atoms with Gasteiger partial charge in [-0.05, 0) is 39.2 Å². The molecule has 0 saturated heterocycles. The van der Waals surface area contributed by atoms with E-state index in [2.05, 4.69) is 32.0 Å². The number of benzene rings is 2. The maximum absolute atomic E-state index is 5.94. The van der Waals surface area contributed by atoms with Gasteiger partial charge in [0, 0.05) is 0 Å². The van der Waals surface area contributed by atoms with Crippen LogP contribution < -0.4 is 10.5 Å². The first kappa shape index (κ1) is 13.8. The van der Waals surface area contributed by atoms with Gasteiger partial charge in [0.15, 0.2) is 0 Å². The van der Waals surface area contributed by atoms with E-state index in [1.807, 2.05) is 37.3 Å². The molecular weight excluding hydrogens is 330 g/mol. The van der Waals surface area contributed by atoms with Crippen LogP contribution in [0.2, 0.25) is 0 Å². The summed E-state index contributed by atoms with van der Waals surface area (Å²) in [5.41, 5.74) is 6.69. The molecule has 1 heterocycles. The van der Waals surface area contributed by atoms with Gasteiger partial charge in [0.1, 0.15) is 17.9 Å². The fraction of sp³-hybridized carbons (Fsp3) is 0.125. The lowest BCUT2D eigenvalue weighted by molar-refractivity contribution is 0.454. The lowest BCUT2D eigenvalue weighted by Crippen LogP contribution is -2.02. The Balaban J connectivity index is 2.07. The minimum absolute atomic E-state index is 0.458. The van der Waals surface area contributed by atoms with Gasteiger partial charge in [-0.15, -0.1) is 0 Å². The third kappa shape index (κ3) is 2.56. The first-order valence-electron chi connectivity index (χ1n) is 6.65. The minimum Gasteiger partial charge on any atom is -0.437 e. The van der Waals surface area contributed by atoms with E-state index in [-0.39, 0.29) is 0 Å². The van der Waals surface area contributed by atoms with Crippen molar-refractivity contribution >= 4 is 32.5 Å². The molecule has 0 radical (unpaired) electrons. The number of fused-ring (bicyclic) bond motifs is 1. The summed E-state index contributed by atoms with van der Waals surface area (Å²) >= 11 is 3.60. The molecule has 0 amide bonds. The van der Waals surface area contributed by atoms with E-state index in [1.54, 1.807) is 0 Å². The molecule has 0 aliphatic rings. The average Bonchev–Trinajstić information content (AvgIpc) is 2.50. The molecule has 0 saturated carbocycles. The fourth-order valence-corrected chi connectivity index (χ4v) is 2.80. The Morgan fingerprint density at radius 2 is 1.95 bits per heavy atom. The summed E-state index contributed by atoms with van der Waals surface area (Å²) in [5, 5.41) is 2.24. The van der Waals surface area contributed by atoms with Gasteiger partial charge in [0.25, 0.3) is 0 Å². The Hall–Kier alpha value is -2.14. The van der Waals surface area contributed by atoms with Crippen LogP contribution in [0.1, 0.15) is 12.5 Å². The van der Waals surface area contributed by atoms with E-state index < -0.39 is 0 Å². The zero-order chi connectivity index (χ0) is 14.8. The van der Waals surface area contributed by atoms with Gasteiger partial charge in [-0.1, -0.05) is 37.3 Å². The number of hydrogen-bond acceptors (Lipinski definition) is 4. The Kier molecular flexibility index (Phi) is 3.75. The van der Waals surface area contributed by atoms with Crippen molar-refractivity contribution in [3.05, 3.63) is 52.8 Å². The van der Waals surface area contributed by atoms with Crippen LogP contribution in [0.15, 0.2) is 47.2 Å². The summed E-state index contributed by atoms with van der Waals surface area (Å²) in [6.45, 7) is 2.00. The van der Waals surface area contributed by atoms with Crippen LogP contribution in [0.4, 0.5) is 5.82 Å². The third-order valence-corrected chi connectivity index (χ3v) is 4.15. The third-order valence-electron chi connectivity index (χ3n) is 3.33. The molecule has 4 nitrogen and oxygen atoms in total. The lowest BCUT2D eigenvalue weighted by Gasteiger charge is -2.12. The number of hydrogen-bond donors (Lipinski definition) is 1. The van der Waals surface area contributed by atoms with Gasteiger partial charge < -0.3 is 10.5 Å². The monoisotopic (exact) mass is 343 g/mol. The van der Waals surface area contributed by atoms with Crippen molar-refractivity contribution in [2.75, 3.05) is 5.73 Å². The first-order chi connectivity index (χ1) is 10.2. The van der Waals surface area contributed by atoms with E-state index >= 15 is 0 Å². The highest BCUT2D eigenvalue weighted by Crippen LogP contribution is 2.36. The topological polar surface area (TPSA) is 61.0 Å². The molecule has 0 fully saturated rings. The van der Waals surface area contributed by atoms with Gasteiger partial charge in [0.2, 0.25) is 5.88 Å². The largest absolute Gasteiger partial charge is 0.437 e. The number of anilines is 1. The Morgan fingerprint density at radius 1 is 1.14 bits per heavy atom. The summed E-state index contributed by atoms with van der Waals surface area (Å²) in [4.78, 5) is 8.19. The molecule has 21 heavy (non-hydrogen) atoms. The summed E-state index contributed by atoms with van der Waals surface area (Å²) in [7, 11) is 0. The molecule has 3 rings (SSSR count). The zero-order valence-electron chi connectivity index (χ0n) is 11.5. The van der Waals surface area contributed by atoms with Crippen molar-refractivity contribution in [3.63, 3.8) is 0 Å². The number of aromatic nitrogens is 2. The van der Waals surface area contributed by atoms with E-state index in [9.17, 15) is 0 Å². The van der Waals surface area contributed by atoms with Gasteiger partial charge in [-0.25, -0.2) is 9.97 Å². The van der Waals surface area contributed by atoms with Gasteiger partial charge in [-0.2, -0.15) is 0 Å². The smallest absolute Gasteiger partial charge is 0.227 e. The van der Waals surface area contributed by atoms with Gasteiger partial charge in [0.05, 0.1) is 10.0 Å². The SMILES string of the molecule is CCc1c(N)ncnc1Oc1ccc2ccccc2c1Br. The number of halogens is 1. The van der Waals surface area contributed by atoms with Crippen molar-refractivity contribution in [1.29, 1.82) is 0 Å². The molecule has 0 spiro atoms. The summed E-state index contributed by atoms with van der Waals surface area (Å²) in [5.74, 6) is 1.67. The quantitative estimate of drug-likeness (QED) is 0.768. The standard InChI is InChI=1S/C16H14BrN3O/c1-2-11-15(18)19-9-20-16(11)21-13-8-7-10-5-3-4-6-12(10)14(13)17/h3-9H,2H2,1H3,(H2,18,19,20). The number of ether oxygens (including phenoxy) is 1. The maximum atomic E-state index is 5.94. The normalized spacial score (nSPS) is 10.8. The van der Waals surface area contributed by atoms with Crippen LogP contribution in [-0.2, 0) is 6.42 Å². The average molecular weight is 344 g/mol. The molecule has 1 aromatic heterocycles. The highest BCUT2D eigenvalue weighted by molar-refractivity contribution is 9.10. The van der Waals surface area contributed by atoms with Crippen LogP contribution in [0, 0.1) is 0 Å². The number of rotatable bonds is 3. The zero-order valence-corrected chi connectivity index (χ0v) is 13.1. The van der Waals surface area contributed by atoms with Crippen molar-refractivity contribution < 1.29 is 4.74 Å². The number of nitrogens with zero attached hydrogens (tertiary/aromatic N) is 2. The number of nitrogens with two attached hydrogens (primary N) is 1. The predicted octanol–water partition coefficient (Wildman–Crippen LogP) is 4.33. The molecule has 0 aliphatic carbocycles.